The van der Waals surface area contributed by atoms with E-state index in [2.05, 4.69) is 20.0 Å². The Kier molecular flexibility index (Phi) is 6.28. The minimum Gasteiger partial charge on any atom is -0.495 e. The molecule has 0 aliphatic rings. The fraction of sp³-hybridized carbons (Fsp3) is 0.158. The zero-order valence-corrected chi connectivity index (χ0v) is 17.6. The van der Waals surface area contributed by atoms with Crippen LogP contribution in [0, 0.1) is 5.82 Å². The Morgan fingerprint density at radius 2 is 1.97 bits per heavy atom. The molecule has 1 aromatic carbocycles. The van der Waals surface area contributed by atoms with Crippen molar-refractivity contribution in [2.45, 2.75) is 6.42 Å². The Balaban J connectivity index is 1.72. The van der Waals surface area contributed by atoms with Gasteiger partial charge in [-0.2, -0.15) is 0 Å². The molecule has 0 radical (unpaired) electrons. The summed E-state index contributed by atoms with van der Waals surface area (Å²) in [5, 5.41) is 2.89. The van der Waals surface area contributed by atoms with Crippen molar-refractivity contribution in [3.8, 4) is 5.75 Å². The van der Waals surface area contributed by atoms with Gasteiger partial charge in [-0.15, -0.1) is 0 Å². The molecule has 0 saturated heterocycles. The Labute approximate surface area is 177 Å². The predicted octanol–water partition coefficient (Wildman–Crippen LogP) is 3.43. The van der Waals surface area contributed by atoms with E-state index in [1.807, 2.05) is 0 Å². The molecule has 30 heavy (non-hydrogen) atoms. The van der Waals surface area contributed by atoms with Gasteiger partial charge in [-0.05, 0) is 24.3 Å². The minimum absolute atomic E-state index is 0.155. The van der Waals surface area contributed by atoms with Gasteiger partial charge in [0, 0.05) is 35.1 Å². The molecule has 0 aliphatic heterocycles. The number of pyridine rings is 1. The first kappa shape index (κ1) is 21.6. The van der Waals surface area contributed by atoms with Crippen LogP contribution in [0.4, 0.5) is 15.8 Å². The molecule has 3 N–H and O–H groups in total. The van der Waals surface area contributed by atoms with Crippen molar-refractivity contribution in [2.24, 2.45) is 0 Å². The van der Waals surface area contributed by atoms with Crippen LogP contribution in [0.3, 0.4) is 0 Å². The van der Waals surface area contributed by atoms with Gasteiger partial charge in [0.05, 0.1) is 36.5 Å². The molecule has 3 rings (SSSR count). The number of rotatable bonds is 7. The van der Waals surface area contributed by atoms with Crippen LogP contribution in [0.5, 0.6) is 5.75 Å². The molecule has 3 aromatic rings. The first-order valence-corrected chi connectivity index (χ1v) is 10.9. The van der Waals surface area contributed by atoms with E-state index in [1.54, 1.807) is 6.07 Å². The highest BCUT2D eigenvalue weighted by Gasteiger charge is 2.13. The van der Waals surface area contributed by atoms with Crippen LogP contribution in [0.25, 0.3) is 0 Å². The van der Waals surface area contributed by atoms with Gasteiger partial charge in [0.1, 0.15) is 11.6 Å². The average molecular weight is 453 g/mol. The van der Waals surface area contributed by atoms with E-state index in [0.29, 0.717) is 22.7 Å². The summed E-state index contributed by atoms with van der Waals surface area (Å²) in [5.74, 6) is -0.651. The normalized spacial score (nSPS) is 11.2. The SMILES string of the molecule is COc1cnc(Cc2cc(C(=O)Nc3cc(Cl)cc(NS(C)(=O)=O)c3)c[nH]2)c(F)c1. The summed E-state index contributed by atoms with van der Waals surface area (Å²) in [7, 11) is -2.07. The number of hydrogen-bond donors (Lipinski definition) is 3. The molecule has 2 heterocycles. The molecule has 0 aliphatic carbocycles. The number of nitrogens with one attached hydrogen (secondary N) is 3. The van der Waals surface area contributed by atoms with E-state index in [1.165, 1.54) is 43.8 Å². The number of benzene rings is 1. The van der Waals surface area contributed by atoms with Crippen molar-refractivity contribution in [1.82, 2.24) is 9.97 Å². The first-order chi connectivity index (χ1) is 14.1. The number of anilines is 2. The Hall–Kier alpha value is -3.11. The number of hydrogen-bond acceptors (Lipinski definition) is 5. The lowest BCUT2D eigenvalue weighted by Crippen LogP contribution is -2.13. The molecule has 0 atom stereocenters. The molecule has 2 aromatic heterocycles. The first-order valence-electron chi connectivity index (χ1n) is 8.58. The molecule has 11 heteroatoms. The summed E-state index contributed by atoms with van der Waals surface area (Å²) in [4.78, 5) is 19.5. The number of carbonyl (C=O) groups is 1. The smallest absolute Gasteiger partial charge is 0.257 e. The van der Waals surface area contributed by atoms with Gasteiger partial charge in [-0.1, -0.05) is 11.6 Å². The highest BCUT2D eigenvalue weighted by Crippen LogP contribution is 2.24. The molecule has 0 saturated carbocycles. The van der Waals surface area contributed by atoms with Crippen molar-refractivity contribution >= 4 is 38.9 Å². The number of carbonyl (C=O) groups excluding carboxylic acids is 1. The Morgan fingerprint density at radius 3 is 2.63 bits per heavy atom. The number of halogens is 2. The van der Waals surface area contributed by atoms with Gasteiger partial charge >= 0.3 is 0 Å². The number of H-pyrrole nitrogens is 1. The van der Waals surface area contributed by atoms with Gasteiger partial charge < -0.3 is 15.0 Å². The predicted molar refractivity (Wildman–Crippen MR) is 112 cm³/mol. The highest BCUT2D eigenvalue weighted by atomic mass is 35.5. The number of methoxy groups -OCH3 is 1. The van der Waals surface area contributed by atoms with Gasteiger partial charge in [-0.3, -0.25) is 14.5 Å². The third-order valence-corrected chi connectivity index (χ3v) is 4.77. The summed E-state index contributed by atoms with van der Waals surface area (Å²) in [6, 6.07) is 7.15. The second-order valence-corrected chi connectivity index (χ2v) is 8.64. The van der Waals surface area contributed by atoms with Gasteiger partial charge in [-0.25, -0.2) is 12.8 Å². The van der Waals surface area contributed by atoms with Crippen LogP contribution in [0.2, 0.25) is 5.02 Å². The second-order valence-electron chi connectivity index (χ2n) is 6.45. The van der Waals surface area contributed by atoms with E-state index >= 15 is 0 Å². The van der Waals surface area contributed by atoms with Crippen molar-refractivity contribution in [2.75, 3.05) is 23.4 Å². The Morgan fingerprint density at radius 1 is 1.23 bits per heavy atom. The van der Waals surface area contributed by atoms with Gasteiger partial charge in [0.25, 0.3) is 5.91 Å². The largest absolute Gasteiger partial charge is 0.495 e. The number of aromatic nitrogens is 2. The fourth-order valence-electron chi connectivity index (χ4n) is 2.68. The molecule has 0 spiro atoms. The second kappa shape index (κ2) is 8.72. The summed E-state index contributed by atoms with van der Waals surface area (Å²) in [5.41, 5.74) is 1.62. The summed E-state index contributed by atoms with van der Waals surface area (Å²) < 4.78 is 44.1. The lowest BCUT2D eigenvalue weighted by molar-refractivity contribution is 0.102. The topological polar surface area (TPSA) is 113 Å². The third-order valence-electron chi connectivity index (χ3n) is 3.95. The number of ether oxygens (including phenoxy) is 1. The average Bonchev–Trinajstić information content (AvgIpc) is 3.10. The number of aromatic amines is 1. The molecular weight excluding hydrogens is 435 g/mol. The lowest BCUT2D eigenvalue weighted by atomic mass is 10.2. The molecule has 0 bridgehead atoms. The third kappa shape index (κ3) is 5.71. The van der Waals surface area contributed by atoms with Crippen molar-refractivity contribution in [3.05, 3.63) is 70.5 Å². The van der Waals surface area contributed by atoms with Crippen LogP contribution in [0.15, 0.2) is 42.7 Å². The summed E-state index contributed by atoms with van der Waals surface area (Å²) in [6.45, 7) is 0. The van der Waals surface area contributed by atoms with E-state index in [0.717, 1.165) is 6.26 Å². The zero-order valence-electron chi connectivity index (χ0n) is 16.0. The van der Waals surface area contributed by atoms with Gasteiger partial charge in [0.15, 0.2) is 0 Å². The number of nitrogens with zero attached hydrogens (tertiary/aromatic N) is 1. The standard InChI is InChI=1S/C19H18ClFN4O4S/c1-29-16-8-17(21)18(23-10-16)7-13-3-11(9-22-13)19(26)24-14-4-12(20)5-15(6-14)25-30(2,27)28/h3-6,8-10,22,25H,7H2,1-2H3,(H,24,26). The number of amides is 1. The maximum Gasteiger partial charge on any atom is 0.257 e. The summed E-state index contributed by atoms with van der Waals surface area (Å²) in [6.07, 6.45) is 4.05. The maximum atomic E-state index is 14.1. The van der Waals surface area contributed by atoms with Crippen molar-refractivity contribution in [3.63, 3.8) is 0 Å². The van der Waals surface area contributed by atoms with E-state index in [-0.39, 0.29) is 22.8 Å². The van der Waals surface area contributed by atoms with E-state index in [4.69, 9.17) is 16.3 Å². The molecule has 0 unspecified atom stereocenters. The van der Waals surface area contributed by atoms with Crippen LogP contribution in [-0.4, -0.2) is 37.7 Å². The fourth-order valence-corrected chi connectivity index (χ4v) is 3.46. The molecule has 0 fully saturated rings. The molecule has 1 amide bonds. The Bertz CT molecular complexity index is 1200. The molecule has 158 valence electrons. The highest BCUT2D eigenvalue weighted by molar-refractivity contribution is 7.92. The quantitative estimate of drug-likeness (QED) is 0.508. The van der Waals surface area contributed by atoms with Crippen LogP contribution in [0.1, 0.15) is 21.7 Å². The van der Waals surface area contributed by atoms with E-state index in [9.17, 15) is 17.6 Å². The summed E-state index contributed by atoms with van der Waals surface area (Å²) >= 11 is 6.00. The van der Waals surface area contributed by atoms with Crippen molar-refractivity contribution in [1.29, 1.82) is 0 Å². The van der Waals surface area contributed by atoms with Crippen LogP contribution in [-0.2, 0) is 16.4 Å². The van der Waals surface area contributed by atoms with Crippen LogP contribution >= 0.6 is 11.6 Å². The molecule has 8 nitrogen and oxygen atoms in total. The van der Waals surface area contributed by atoms with E-state index < -0.39 is 21.7 Å². The zero-order chi connectivity index (χ0) is 21.9. The minimum atomic E-state index is -3.50. The lowest BCUT2D eigenvalue weighted by Gasteiger charge is -2.09. The monoisotopic (exact) mass is 452 g/mol. The van der Waals surface area contributed by atoms with Crippen LogP contribution < -0.4 is 14.8 Å². The van der Waals surface area contributed by atoms with Gasteiger partial charge in [0.2, 0.25) is 10.0 Å². The molecular formula is C19H18ClFN4O4S. The maximum absolute atomic E-state index is 14.1. The number of sulfonamides is 1. The van der Waals surface area contributed by atoms with Crippen molar-refractivity contribution < 1.29 is 22.3 Å².